The van der Waals surface area contributed by atoms with Crippen LogP contribution in [-0.2, 0) is 0 Å². The Morgan fingerprint density at radius 3 is 2.24 bits per heavy atom. The summed E-state index contributed by atoms with van der Waals surface area (Å²) in [5.74, 6) is 0.794. The highest BCUT2D eigenvalue weighted by atomic mass is 35.5. The summed E-state index contributed by atoms with van der Waals surface area (Å²) in [6.45, 7) is 5.74. The van der Waals surface area contributed by atoms with E-state index in [2.05, 4.69) is 28.8 Å². The molecule has 2 aromatic heterocycles. The minimum absolute atomic E-state index is 0.222. The zero-order chi connectivity index (χ0) is 26.8. The summed E-state index contributed by atoms with van der Waals surface area (Å²) in [4.78, 5) is 25.4. The predicted octanol–water partition coefficient (Wildman–Crippen LogP) is 6.09. The molecule has 0 amide bonds. The molecule has 0 aliphatic carbocycles. The van der Waals surface area contributed by atoms with E-state index < -0.39 is 0 Å². The van der Waals surface area contributed by atoms with E-state index in [-0.39, 0.29) is 5.56 Å². The first-order valence-electron chi connectivity index (χ1n) is 12.7. The summed E-state index contributed by atoms with van der Waals surface area (Å²) in [5.41, 5.74) is 2.44. The van der Waals surface area contributed by atoms with E-state index in [0.29, 0.717) is 32.0 Å². The molecule has 9 heteroatoms. The maximum atomic E-state index is 13.3. The van der Waals surface area contributed by atoms with Crippen LogP contribution in [0, 0.1) is 0 Å². The average molecular weight is 571 g/mol. The van der Waals surface area contributed by atoms with Crippen molar-refractivity contribution in [3.63, 3.8) is 0 Å². The molecule has 6 nitrogen and oxygen atoms in total. The second-order valence-electron chi connectivity index (χ2n) is 9.80. The van der Waals surface area contributed by atoms with Gasteiger partial charge < -0.3 is 9.80 Å². The Morgan fingerprint density at radius 1 is 0.868 bits per heavy atom. The van der Waals surface area contributed by atoms with Gasteiger partial charge in [0.1, 0.15) is 5.82 Å². The van der Waals surface area contributed by atoms with Crippen molar-refractivity contribution in [1.82, 2.24) is 19.4 Å². The van der Waals surface area contributed by atoms with Gasteiger partial charge in [0.15, 0.2) is 0 Å². The van der Waals surface area contributed by atoms with Crippen molar-refractivity contribution in [3.05, 3.63) is 86.1 Å². The molecule has 3 heterocycles. The van der Waals surface area contributed by atoms with Gasteiger partial charge in [0.05, 0.1) is 26.9 Å². The highest BCUT2D eigenvalue weighted by molar-refractivity contribution is 6.38. The van der Waals surface area contributed by atoms with E-state index in [4.69, 9.17) is 39.8 Å². The number of hydrogen-bond donors (Lipinski definition) is 0. The van der Waals surface area contributed by atoms with Crippen LogP contribution in [0.1, 0.15) is 6.42 Å². The first-order valence-corrected chi connectivity index (χ1v) is 13.8. The molecule has 5 rings (SSSR count). The summed E-state index contributed by atoms with van der Waals surface area (Å²) in [6, 6.07) is 18.2. The third kappa shape index (κ3) is 5.56. The minimum atomic E-state index is -0.222. The molecule has 4 aromatic rings. The van der Waals surface area contributed by atoms with Crippen molar-refractivity contribution in [1.29, 1.82) is 0 Å². The fourth-order valence-corrected chi connectivity index (χ4v) is 5.78. The monoisotopic (exact) mass is 569 g/mol. The number of pyridine rings is 2. The molecule has 0 radical (unpaired) electrons. The molecular weight excluding hydrogens is 541 g/mol. The van der Waals surface area contributed by atoms with E-state index in [1.807, 2.05) is 30.3 Å². The van der Waals surface area contributed by atoms with Crippen LogP contribution >= 0.6 is 34.8 Å². The Labute approximate surface area is 238 Å². The van der Waals surface area contributed by atoms with Gasteiger partial charge in [-0.15, -0.1) is 0 Å². The first kappa shape index (κ1) is 27.0. The predicted molar refractivity (Wildman–Crippen MR) is 160 cm³/mol. The SMILES string of the molecule is CN(C)CCCN1CCN(c2cc3c(ccc(=O)n3-c3c(Cl)cccc3Cl)c(-c3ccccc3Cl)n2)CC1. The van der Waals surface area contributed by atoms with E-state index in [0.717, 1.165) is 62.5 Å². The van der Waals surface area contributed by atoms with Gasteiger partial charge in [-0.05, 0) is 57.9 Å². The summed E-state index contributed by atoms with van der Waals surface area (Å²) in [5, 5.41) is 2.18. The lowest BCUT2D eigenvalue weighted by Crippen LogP contribution is -2.47. The van der Waals surface area contributed by atoms with Gasteiger partial charge in [-0.25, -0.2) is 4.98 Å². The second kappa shape index (κ2) is 11.6. The van der Waals surface area contributed by atoms with Crippen molar-refractivity contribution < 1.29 is 0 Å². The third-order valence-electron chi connectivity index (χ3n) is 6.94. The van der Waals surface area contributed by atoms with Gasteiger partial charge in [0.2, 0.25) is 0 Å². The Morgan fingerprint density at radius 2 is 1.55 bits per heavy atom. The third-order valence-corrected chi connectivity index (χ3v) is 7.88. The smallest absolute Gasteiger partial charge is 0.255 e. The Hall–Kier alpha value is -2.61. The normalized spacial score (nSPS) is 14.5. The van der Waals surface area contributed by atoms with E-state index in [1.54, 1.807) is 28.8 Å². The Balaban J connectivity index is 1.62. The van der Waals surface area contributed by atoms with Gasteiger partial charge in [0.25, 0.3) is 5.56 Å². The molecule has 0 bridgehead atoms. The van der Waals surface area contributed by atoms with Crippen LogP contribution in [0.25, 0.3) is 27.8 Å². The summed E-state index contributed by atoms with van der Waals surface area (Å²) >= 11 is 19.8. The highest BCUT2D eigenvalue weighted by Crippen LogP contribution is 2.36. The average Bonchev–Trinajstić information content (AvgIpc) is 2.89. The highest BCUT2D eigenvalue weighted by Gasteiger charge is 2.22. The molecule has 0 atom stereocenters. The van der Waals surface area contributed by atoms with E-state index in [1.165, 1.54) is 6.07 Å². The lowest BCUT2D eigenvalue weighted by molar-refractivity contribution is 0.242. The maximum Gasteiger partial charge on any atom is 0.255 e. The number of piperazine rings is 1. The number of nitrogens with zero attached hydrogens (tertiary/aromatic N) is 5. The van der Waals surface area contributed by atoms with Crippen LogP contribution < -0.4 is 10.5 Å². The fourth-order valence-electron chi connectivity index (χ4n) is 4.99. The topological polar surface area (TPSA) is 44.6 Å². The molecule has 0 unspecified atom stereocenters. The van der Waals surface area contributed by atoms with Gasteiger partial charge in [-0.1, -0.05) is 59.1 Å². The first-order chi connectivity index (χ1) is 18.3. The largest absolute Gasteiger partial charge is 0.354 e. The Kier molecular flexibility index (Phi) is 8.26. The maximum absolute atomic E-state index is 13.3. The minimum Gasteiger partial charge on any atom is -0.354 e. The lowest BCUT2D eigenvalue weighted by atomic mass is 10.1. The van der Waals surface area contributed by atoms with Crippen LogP contribution in [0.15, 0.2) is 65.5 Å². The van der Waals surface area contributed by atoms with Crippen molar-refractivity contribution >= 4 is 51.5 Å². The molecule has 1 fully saturated rings. The zero-order valence-electron chi connectivity index (χ0n) is 21.5. The van der Waals surface area contributed by atoms with E-state index >= 15 is 0 Å². The molecule has 0 spiro atoms. The molecule has 1 aliphatic rings. The molecule has 2 aromatic carbocycles. The van der Waals surface area contributed by atoms with Crippen molar-refractivity contribution in [2.75, 3.05) is 58.3 Å². The fraction of sp³-hybridized carbons (Fsp3) is 0.310. The van der Waals surface area contributed by atoms with Gasteiger partial charge in [-0.2, -0.15) is 0 Å². The number of fused-ring (bicyclic) bond motifs is 1. The summed E-state index contributed by atoms with van der Waals surface area (Å²) < 4.78 is 1.59. The van der Waals surface area contributed by atoms with Gasteiger partial charge >= 0.3 is 0 Å². The number of anilines is 1. The molecule has 0 N–H and O–H groups in total. The van der Waals surface area contributed by atoms with Crippen LogP contribution in [0.5, 0.6) is 0 Å². The molecule has 38 heavy (non-hydrogen) atoms. The standard InChI is InChI=1S/C29H30Cl3N5O/c1-34(2)13-6-14-35-15-17-36(18-16-35)26-19-25-21(28(33-26)20-7-3-4-8-22(20)30)11-12-27(38)37(25)29-23(31)9-5-10-24(29)32/h3-5,7-12,19H,6,13-18H2,1-2H3. The van der Waals surface area contributed by atoms with Crippen LogP contribution in [-0.4, -0.2) is 72.7 Å². The Bertz CT molecular complexity index is 1490. The number of aromatic nitrogens is 2. The number of hydrogen-bond acceptors (Lipinski definition) is 5. The van der Waals surface area contributed by atoms with E-state index in [9.17, 15) is 4.79 Å². The van der Waals surface area contributed by atoms with Gasteiger partial charge in [-0.3, -0.25) is 14.3 Å². The summed E-state index contributed by atoms with van der Waals surface area (Å²) in [6.07, 6.45) is 1.14. The van der Waals surface area contributed by atoms with Crippen molar-refractivity contribution in [2.45, 2.75) is 6.42 Å². The van der Waals surface area contributed by atoms with Crippen LogP contribution in [0.3, 0.4) is 0 Å². The van der Waals surface area contributed by atoms with Crippen molar-refractivity contribution in [3.8, 4) is 16.9 Å². The number of halogens is 3. The van der Waals surface area contributed by atoms with Crippen LogP contribution in [0.4, 0.5) is 5.82 Å². The molecule has 1 aliphatic heterocycles. The molecule has 0 saturated carbocycles. The zero-order valence-corrected chi connectivity index (χ0v) is 23.8. The molecule has 198 valence electrons. The second-order valence-corrected chi connectivity index (χ2v) is 11.0. The number of benzene rings is 2. The van der Waals surface area contributed by atoms with Gasteiger partial charge in [0, 0.05) is 54.3 Å². The van der Waals surface area contributed by atoms with Crippen molar-refractivity contribution in [2.24, 2.45) is 0 Å². The number of rotatable bonds is 7. The molecule has 1 saturated heterocycles. The lowest BCUT2D eigenvalue weighted by Gasteiger charge is -2.36. The quantitative estimate of drug-likeness (QED) is 0.269. The molecular formula is C29H30Cl3N5O. The number of para-hydroxylation sites is 1. The summed E-state index contributed by atoms with van der Waals surface area (Å²) in [7, 11) is 4.21. The van der Waals surface area contributed by atoms with Crippen LogP contribution in [0.2, 0.25) is 15.1 Å².